The molecule has 2 N–H and O–H groups in total. The molecule has 1 aliphatic rings. The molecule has 1 aromatic rings. The average molecular weight is 319 g/mol. The number of primary sulfonamides is 1. The maximum absolute atomic E-state index is 11.5. The summed E-state index contributed by atoms with van der Waals surface area (Å²) in [4.78, 5) is 0.126. The van der Waals surface area contributed by atoms with E-state index >= 15 is 0 Å². The molecule has 0 fully saturated rings. The van der Waals surface area contributed by atoms with Gasteiger partial charge in [0.25, 0.3) is 0 Å². The lowest BCUT2D eigenvalue weighted by atomic mass is 9.73. The fourth-order valence-corrected chi connectivity index (χ4v) is 3.35. The highest BCUT2D eigenvalue weighted by Crippen LogP contribution is 2.43. The lowest BCUT2D eigenvalue weighted by molar-refractivity contribution is 0.562. The molecule has 0 radical (unpaired) electrons. The SMILES string of the molecule is C=CC1=C(C=C)C(C)C(C)c2ccc(S(N)(=O)=O)cc21.CC. The van der Waals surface area contributed by atoms with E-state index in [1.807, 2.05) is 26.0 Å². The van der Waals surface area contributed by atoms with Crippen LogP contribution < -0.4 is 5.14 Å². The van der Waals surface area contributed by atoms with Crippen LogP contribution in [0.1, 0.15) is 44.7 Å². The maximum atomic E-state index is 11.5. The molecule has 120 valence electrons. The second kappa shape index (κ2) is 7.07. The Labute approximate surface area is 134 Å². The van der Waals surface area contributed by atoms with Gasteiger partial charge >= 0.3 is 0 Å². The topological polar surface area (TPSA) is 60.2 Å². The summed E-state index contributed by atoms with van der Waals surface area (Å²) in [6.45, 7) is 16.0. The van der Waals surface area contributed by atoms with Crippen molar-refractivity contribution in [3.8, 4) is 0 Å². The van der Waals surface area contributed by atoms with Crippen molar-refractivity contribution in [1.29, 1.82) is 0 Å². The molecule has 2 unspecified atom stereocenters. The molecule has 3 nitrogen and oxygen atoms in total. The van der Waals surface area contributed by atoms with Gasteiger partial charge in [-0.3, -0.25) is 0 Å². The van der Waals surface area contributed by atoms with Crippen LogP contribution in [-0.2, 0) is 10.0 Å². The zero-order valence-corrected chi connectivity index (χ0v) is 14.6. The Morgan fingerprint density at radius 3 is 2.14 bits per heavy atom. The lowest BCUT2D eigenvalue weighted by Crippen LogP contribution is -2.18. The molecule has 0 heterocycles. The van der Waals surface area contributed by atoms with Gasteiger partial charge in [0.05, 0.1) is 4.90 Å². The first-order valence-electron chi connectivity index (χ1n) is 7.47. The zero-order chi connectivity index (χ0) is 17.1. The van der Waals surface area contributed by atoms with Crippen LogP contribution in [0.3, 0.4) is 0 Å². The number of sulfonamides is 1. The average Bonchev–Trinajstić information content (AvgIpc) is 2.51. The van der Waals surface area contributed by atoms with Crippen LogP contribution in [0, 0.1) is 5.92 Å². The number of hydrogen-bond acceptors (Lipinski definition) is 2. The number of rotatable bonds is 3. The van der Waals surface area contributed by atoms with Crippen molar-refractivity contribution in [3.05, 3.63) is 60.2 Å². The van der Waals surface area contributed by atoms with Crippen molar-refractivity contribution < 1.29 is 8.42 Å². The van der Waals surface area contributed by atoms with E-state index in [1.54, 1.807) is 18.2 Å². The second-order valence-corrected chi connectivity index (χ2v) is 6.71. The lowest BCUT2D eigenvalue weighted by Gasteiger charge is -2.31. The summed E-state index contributed by atoms with van der Waals surface area (Å²) in [5.74, 6) is 0.601. The summed E-state index contributed by atoms with van der Waals surface area (Å²) < 4.78 is 23.1. The quantitative estimate of drug-likeness (QED) is 0.906. The molecule has 0 bridgehead atoms. The zero-order valence-electron chi connectivity index (χ0n) is 13.8. The summed E-state index contributed by atoms with van der Waals surface area (Å²) in [5, 5.41) is 5.22. The summed E-state index contributed by atoms with van der Waals surface area (Å²) in [6, 6.07) is 5.05. The van der Waals surface area contributed by atoms with Gasteiger partial charge in [-0.2, -0.15) is 0 Å². The van der Waals surface area contributed by atoms with E-state index in [1.165, 1.54) is 0 Å². The molecule has 0 spiro atoms. The van der Waals surface area contributed by atoms with Gasteiger partial charge in [-0.1, -0.05) is 59.1 Å². The number of allylic oxidation sites excluding steroid dienone is 4. The van der Waals surface area contributed by atoms with E-state index in [0.29, 0.717) is 5.92 Å². The molecule has 22 heavy (non-hydrogen) atoms. The van der Waals surface area contributed by atoms with Crippen molar-refractivity contribution >= 4 is 15.6 Å². The van der Waals surface area contributed by atoms with Crippen LogP contribution in [0.5, 0.6) is 0 Å². The highest BCUT2D eigenvalue weighted by molar-refractivity contribution is 7.89. The van der Waals surface area contributed by atoms with Gasteiger partial charge in [0.1, 0.15) is 0 Å². The van der Waals surface area contributed by atoms with Crippen molar-refractivity contribution in [2.45, 2.75) is 38.5 Å². The van der Waals surface area contributed by atoms with Crippen molar-refractivity contribution in [3.63, 3.8) is 0 Å². The summed E-state index contributed by atoms with van der Waals surface area (Å²) in [5.41, 5.74) is 4.02. The smallest absolute Gasteiger partial charge is 0.225 e. The molecule has 2 atom stereocenters. The standard InChI is InChI=1S/C16H19NO2S.C2H6/c1-5-13-10(3)11(4)15-8-7-12(20(17,18)19)9-16(15)14(13)6-2;1-2/h5-11H,1-2H2,3-4H3,(H2,17,18,19);1-2H3. The summed E-state index contributed by atoms with van der Waals surface area (Å²) >= 11 is 0. The number of benzene rings is 1. The van der Waals surface area contributed by atoms with Crippen molar-refractivity contribution in [2.24, 2.45) is 11.1 Å². The molecule has 4 heteroatoms. The number of fused-ring (bicyclic) bond motifs is 1. The van der Waals surface area contributed by atoms with Crippen LogP contribution in [0.4, 0.5) is 0 Å². The molecule has 0 aromatic heterocycles. The Morgan fingerprint density at radius 2 is 1.68 bits per heavy atom. The van der Waals surface area contributed by atoms with E-state index in [0.717, 1.165) is 22.3 Å². The van der Waals surface area contributed by atoms with E-state index in [4.69, 9.17) is 5.14 Å². The van der Waals surface area contributed by atoms with Gasteiger partial charge in [0, 0.05) is 0 Å². The Kier molecular flexibility index (Phi) is 5.92. The minimum Gasteiger partial charge on any atom is -0.225 e. The van der Waals surface area contributed by atoms with Gasteiger partial charge in [-0.25, -0.2) is 13.6 Å². The molecule has 1 aliphatic carbocycles. The molecular weight excluding hydrogens is 294 g/mol. The third-order valence-electron chi connectivity index (χ3n) is 4.11. The first-order chi connectivity index (χ1) is 10.3. The van der Waals surface area contributed by atoms with Gasteiger partial charge in [0.15, 0.2) is 0 Å². The Balaban J connectivity index is 0.00000116. The van der Waals surface area contributed by atoms with Crippen LogP contribution in [0.15, 0.2) is 54.0 Å². The van der Waals surface area contributed by atoms with Crippen LogP contribution in [0.25, 0.3) is 5.57 Å². The minimum atomic E-state index is -3.71. The van der Waals surface area contributed by atoms with E-state index in [-0.39, 0.29) is 10.8 Å². The number of nitrogens with two attached hydrogens (primary N) is 1. The summed E-state index contributed by atoms with van der Waals surface area (Å²) in [7, 11) is -3.71. The first kappa shape index (κ1) is 18.4. The third-order valence-corrected chi connectivity index (χ3v) is 5.02. The van der Waals surface area contributed by atoms with Crippen molar-refractivity contribution in [2.75, 3.05) is 0 Å². The molecule has 0 saturated heterocycles. The molecule has 0 saturated carbocycles. The Bertz CT molecular complexity index is 715. The van der Waals surface area contributed by atoms with Gasteiger partial charge in [-0.05, 0) is 46.2 Å². The highest BCUT2D eigenvalue weighted by Gasteiger charge is 2.28. The molecule has 0 aliphatic heterocycles. The fourth-order valence-electron chi connectivity index (χ4n) is 2.81. The predicted molar refractivity (Wildman–Crippen MR) is 94.1 cm³/mol. The largest absolute Gasteiger partial charge is 0.238 e. The van der Waals surface area contributed by atoms with E-state index in [2.05, 4.69) is 27.0 Å². The highest BCUT2D eigenvalue weighted by atomic mass is 32.2. The molecule has 0 amide bonds. The minimum absolute atomic E-state index is 0.126. The van der Waals surface area contributed by atoms with Crippen molar-refractivity contribution in [1.82, 2.24) is 0 Å². The van der Waals surface area contributed by atoms with Crippen LogP contribution in [0.2, 0.25) is 0 Å². The normalized spacial score (nSPS) is 20.6. The predicted octanol–water partition coefficient (Wildman–Crippen LogP) is 4.24. The van der Waals surface area contributed by atoms with E-state index in [9.17, 15) is 8.42 Å². The third kappa shape index (κ3) is 3.23. The van der Waals surface area contributed by atoms with E-state index < -0.39 is 10.0 Å². The monoisotopic (exact) mass is 319 g/mol. The number of hydrogen-bond donors (Lipinski definition) is 1. The molecule has 1 aromatic carbocycles. The van der Waals surface area contributed by atoms with Crippen LogP contribution >= 0.6 is 0 Å². The molecule has 2 rings (SSSR count). The maximum Gasteiger partial charge on any atom is 0.238 e. The first-order valence-corrected chi connectivity index (χ1v) is 9.02. The fraction of sp³-hybridized carbons (Fsp3) is 0.333. The Morgan fingerprint density at radius 1 is 1.09 bits per heavy atom. The van der Waals surface area contributed by atoms with Gasteiger partial charge < -0.3 is 0 Å². The van der Waals surface area contributed by atoms with Gasteiger partial charge in [-0.15, -0.1) is 0 Å². The summed E-state index contributed by atoms with van der Waals surface area (Å²) in [6.07, 6.45) is 3.58. The van der Waals surface area contributed by atoms with Gasteiger partial charge in [0.2, 0.25) is 10.0 Å². The second-order valence-electron chi connectivity index (χ2n) is 5.15. The molecular formula is C18H25NO2S. The van der Waals surface area contributed by atoms with Crippen LogP contribution in [-0.4, -0.2) is 8.42 Å². The Hall–Kier alpha value is -1.65.